The molecule has 0 unspecified atom stereocenters. The van der Waals surface area contributed by atoms with Crippen LogP contribution >= 0.6 is 0 Å². The summed E-state index contributed by atoms with van der Waals surface area (Å²) in [5, 5.41) is 3.14. The number of rotatable bonds is 7. The second kappa shape index (κ2) is 7.30. The number of unbranched alkanes of at least 4 members (excludes halogenated alkanes) is 2. The molecule has 1 aromatic rings. The molecule has 0 aliphatic heterocycles. The van der Waals surface area contributed by atoms with Crippen LogP contribution in [0.4, 0.5) is 0 Å². The van der Waals surface area contributed by atoms with E-state index in [1.807, 2.05) is 19.2 Å². The minimum atomic E-state index is 0.826. The Labute approximate surface area is 92.6 Å². The van der Waals surface area contributed by atoms with Gasteiger partial charge in [0.2, 0.25) is 0 Å². The van der Waals surface area contributed by atoms with Gasteiger partial charge in [-0.2, -0.15) is 0 Å². The molecule has 0 fully saturated rings. The monoisotopic (exact) mass is 207 g/mol. The van der Waals surface area contributed by atoms with Crippen LogP contribution in [0.5, 0.6) is 5.75 Å². The fraction of sp³-hybridized carbons (Fsp3) is 0.538. The van der Waals surface area contributed by atoms with Gasteiger partial charge in [0, 0.05) is 0 Å². The molecule has 0 aliphatic rings. The summed E-state index contributed by atoms with van der Waals surface area (Å²) >= 11 is 0. The van der Waals surface area contributed by atoms with Gasteiger partial charge < -0.3 is 10.1 Å². The molecule has 0 radical (unpaired) electrons. The minimum absolute atomic E-state index is 0.826. The summed E-state index contributed by atoms with van der Waals surface area (Å²) in [5.41, 5.74) is 1.27. The molecule has 1 rings (SSSR count). The molecule has 0 atom stereocenters. The standard InChI is InChI=1S/C13H21NO/c1-12-6-8-13(9-7-12)15-11-5-3-4-10-14-2/h6-9,14H,3-5,10-11H2,1-2H3. The highest BCUT2D eigenvalue weighted by Crippen LogP contribution is 2.11. The van der Waals surface area contributed by atoms with Gasteiger partial charge in [-0.3, -0.25) is 0 Å². The Morgan fingerprint density at radius 2 is 1.80 bits per heavy atom. The van der Waals surface area contributed by atoms with Gasteiger partial charge in [-0.1, -0.05) is 17.7 Å². The molecule has 1 aromatic carbocycles. The van der Waals surface area contributed by atoms with Crippen molar-refractivity contribution in [2.75, 3.05) is 20.2 Å². The van der Waals surface area contributed by atoms with Crippen LogP contribution in [-0.2, 0) is 0 Å². The SMILES string of the molecule is CNCCCCCOc1ccc(C)cc1. The van der Waals surface area contributed by atoms with E-state index in [4.69, 9.17) is 4.74 Å². The van der Waals surface area contributed by atoms with Crippen molar-refractivity contribution in [1.82, 2.24) is 5.32 Å². The number of nitrogens with one attached hydrogen (secondary N) is 1. The second-order valence-corrected chi connectivity index (χ2v) is 3.83. The summed E-state index contributed by atoms with van der Waals surface area (Å²) in [6, 6.07) is 8.22. The largest absolute Gasteiger partial charge is 0.494 e. The van der Waals surface area contributed by atoms with Crippen LogP contribution in [0.1, 0.15) is 24.8 Å². The molecule has 0 saturated heterocycles. The maximum Gasteiger partial charge on any atom is 0.119 e. The Balaban J connectivity index is 2.07. The van der Waals surface area contributed by atoms with E-state index >= 15 is 0 Å². The normalized spacial score (nSPS) is 10.3. The summed E-state index contributed by atoms with van der Waals surface area (Å²) < 4.78 is 5.62. The zero-order valence-electron chi connectivity index (χ0n) is 9.75. The smallest absolute Gasteiger partial charge is 0.119 e. The summed E-state index contributed by atoms with van der Waals surface area (Å²) in [5.74, 6) is 0.981. The van der Waals surface area contributed by atoms with Crippen LogP contribution in [0.15, 0.2) is 24.3 Å². The van der Waals surface area contributed by atoms with Crippen molar-refractivity contribution in [1.29, 1.82) is 0 Å². The lowest BCUT2D eigenvalue weighted by atomic mass is 10.2. The molecule has 15 heavy (non-hydrogen) atoms. The first kappa shape index (κ1) is 12.1. The Bertz CT molecular complexity index is 256. The first-order valence-corrected chi connectivity index (χ1v) is 5.67. The number of benzene rings is 1. The van der Waals surface area contributed by atoms with Crippen LogP contribution in [0.3, 0.4) is 0 Å². The molecule has 2 nitrogen and oxygen atoms in total. The lowest BCUT2D eigenvalue weighted by Gasteiger charge is -2.06. The van der Waals surface area contributed by atoms with Gasteiger partial charge in [-0.25, -0.2) is 0 Å². The molecule has 0 aromatic heterocycles. The molecule has 0 heterocycles. The third kappa shape index (κ3) is 5.43. The molecule has 0 bridgehead atoms. The third-order valence-electron chi connectivity index (χ3n) is 2.36. The Kier molecular flexibility index (Phi) is 5.86. The maximum absolute atomic E-state index is 5.62. The number of hydrogen-bond acceptors (Lipinski definition) is 2. The van der Waals surface area contributed by atoms with E-state index in [2.05, 4.69) is 24.4 Å². The van der Waals surface area contributed by atoms with Crippen LogP contribution in [0.25, 0.3) is 0 Å². The summed E-state index contributed by atoms with van der Waals surface area (Å²) in [7, 11) is 1.99. The van der Waals surface area contributed by atoms with Gasteiger partial charge >= 0.3 is 0 Å². The first-order chi connectivity index (χ1) is 7.33. The van der Waals surface area contributed by atoms with E-state index in [0.29, 0.717) is 0 Å². The molecule has 1 N–H and O–H groups in total. The molecule has 0 saturated carbocycles. The predicted molar refractivity (Wildman–Crippen MR) is 64.5 cm³/mol. The van der Waals surface area contributed by atoms with Gasteiger partial charge in [0.05, 0.1) is 6.61 Å². The molecular formula is C13H21NO. The molecule has 0 spiro atoms. The van der Waals surface area contributed by atoms with Crippen molar-refractivity contribution in [2.24, 2.45) is 0 Å². The van der Waals surface area contributed by atoms with E-state index in [1.54, 1.807) is 0 Å². The van der Waals surface area contributed by atoms with Crippen molar-refractivity contribution in [2.45, 2.75) is 26.2 Å². The Morgan fingerprint density at radius 3 is 2.47 bits per heavy atom. The third-order valence-corrected chi connectivity index (χ3v) is 2.36. The Morgan fingerprint density at radius 1 is 1.07 bits per heavy atom. The van der Waals surface area contributed by atoms with E-state index < -0.39 is 0 Å². The molecule has 84 valence electrons. The fourth-order valence-corrected chi connectivity index (χ4v) is 1.41. The first-order valence-electron chi connectivity index (χ1n) is 5.67. The van der Waals surface area contributed by atoms with Crippen molar-refractivity contribution < 1.29 is 4.74 Å². The topological polar surface area (TPSA) is 21.3 Å². The highest BCUT2D eigenvalue weighted by Gasteiger charge is 1.93. The van der Waals surface area contributed by atoms with Crippen LogP contribution < -0.4 is 10.1 Å². The van der Waals surface area contributed by atoms with Gasteiger partial charge in [0.15, 0.2) is 0 Å². The molecular weight excluding hydrogens is 186 g/mol. The molecule has 2 heteroatoms. The van der Waals surface area contributed by atoms with E-state index in [9.17, 15) is 0 Å². The van der Waals surface area contributed by atoms with Crippen molar-refractivity contribution in [3.63, 3.8) is 0 Å². The Hall–Kier alpha value is -1.02. The van der Waals surface area contributed by atoms with Gasteiger partial charge in [0.1, 0.15) is 5.75 Å². The number of hydrogen-bond donors (Lipinski definition) is 1. The summed E-state index contributed by atoms with van der Waals surface area (Å²) in [6.07, 6.45) is 3.59. The highest BCUT2D eigenvalue weighted by atomic mass is 16.5. The second-order valence-electron chi connectivity index (χ2n) is 3.83. The lowest BCUT2D eigenvalue weighted by molar-refractivity contribution is 0.305. The van der Waals surface area contributed by atoms with E-state index in [-0.39, 0.29) is 0 Å². The van der Waals surface area contributed by atoms with E-state index in [1.165, 1.54) is 18.4 Å². The molecule has 0 aliphatic carbocycles. The lowest BCUT2D eigenvalue weighted by Crippen LogP contribution is -2.07. The number of aryl methyl sites for hydroxylation is 1. The van der Waals surface area contributed by atoms with Crippen molar-refractivity contribution >= 4 is 0 Å². The maximum atomic E-state index is 5.62. The van der Waals surface area contributed by atoms with Gasteiger partial charge in [-0.05, 0) is 51.9 Å². The fourth-order valence-electron chi connectivity index (χ4n) is 1.41. The van der Waals surface area contributed by atoms with E-state index in [0.717, 1.165) is 25.3 Å². The van der Waals surface area contributed by atoms with Crippen LogP contribution in [-0.4, -0.2) is 20.2 Å². The van der Waals surface area contributed by atoms with Crippen LogP contribution in [0.2, 0.25) is 0 Å². The average molecular weight is 207 g/mol. The zero-order valence-corrected chi connectivity index (χ0v) is 9.75. The van der Waals surface area contributed by atoms with Crippen LogP contribution in [0, 0.1) is 6.92 Å². The van der Waals surface area contributed by atoms with Crippen molar-refractivity contribution in [3.8, 4) is 5.75 Å². The number of ether oxygens (including phenoxy) is 1. The zero-order chi connectivity index (χ0) is 10.9. The van der Waals surface area contributed by atoms with Gasteiger partial charge in [-0.15, -0.1) is 0 Å². The highest BCUT2D eigenvalue weighted by molar-refractivity contribution is 5.26. The molecule has 0 amide bonds. The predicted octanol–water partition coefficient (Wildman–Crippen LogP) is 2.76. The quantitative estimate of drug-likeness (QED) is 0.694. The minimum Gasteiger partial charge on any atom is -0.494 e. The van der Waals surface area contributed by atoms with Gasteiger partial charge in [0.25, 0.3) is 0 Å². The van der Waals surface area contributed by atoms with Crippen molar-refractivity contribution in [3.05, 3.63) is 29.8 Å². The summed E-state index contributed by atoms with van der Waals surface area (Å²) in [4.78, 5) is 0. The average Bonchev–Trinajstić information content (AvgIpc) is 2.26. The summed E-state index contributed by atoms with van der Waals surface area (Å²) in [6.45, 7) is 4.01.